The van der Waals surface area contributed by atoms with Crippen LogP contribution in [0.25, 0.3) is 0 Å². The Morgan fingerprint density at radius 2 is 1.94 bits per heavy atom. The molecular formula is C13H21NO3. The zero-order chi connectivity index (χ0) is 12.7. The number of hydrogen-bond donors (Lipinski definition) is 1. The van der Waals surface area contributed by atoms with Gasteiger partial charge in [-0.15, -0.1) is 0 Å². The van der Waals surface area contributed by atoms with Gasteiger partial charge < -0.3 is 19.9 Å². The van der Waals surface area contributed by atoms with Crippen LogP contribution < -0.4 is 15.2 Å². The van der Waals surface area contributed by atoms with E-state index in [-0.39, 0.29) is 6.04 Å². The van der Waals surface area contributed by atoms with Crippen molar-refractivity contribution >= 4 is 0 Å². The Morgan fingerprint density at radius 3 is 2.53 bits per heavy atom. The van der Waals surface area contributed by atoms with Crippen LogP contribution in [0.1, 0.15) is 24.4 Å². The minimum absolute atomic E-state index is 0.0600. The van der Waals surface area contributed by atoms with Crippen LogP contribution in [-0.4, -0.2) is 27.9 Å². The number of benzene rings is 1. The lowest BCUT2D eigenvalue weighted by atomic mass is 10.0. The van der Waals surface area contributed by atoms with E-state index in [4.69, 9.17) is 19.9 Å². The first-order valence-corrected chi connectivity index (χ1v) is 5.69. The molecule has 0 aliphatic rings. The van der Waals surface area contributed by atoms with Gasteiger partial charge in [-0.2, -0.15) is 0 Å². The van der Waals surface area contributed by atoms with Crippen LogP contribution in [0.3, 0.4) is 0 Å². The Balaban J connectivity index is 2.78. The van der Waals surface area contributed by atoms with Gasteiger partial charge in [-0.1, -0.05) is 0 Å². The molecule has 1 aromatic rings. The summed E-state index contributed by atoms with van der Waals surface area (Å²) in [5.41, 5.74) is 7.12. The third kappa shape index (κ3) is 3.91. The Hall–Kier alpha value is -1.26. The molecule has 0 aliphatic heterocycles. The summed E-state index contributed by atoms with van der Waals surface area (Å²) in [5.74, 6) is 1.60. The molecule has 0 spiro atoms. The molecule has 2 N–H and O–H groups in total. The largest absolute Gasteiger partial charge is 0.497 e. The molecule has 0 bridgehead atoms. The minimum atomic E-state index is -0.0600. The predicted molar refractivity (Wildman–Crippen MR) is 67.6 cm³/mol. The second kappa shape index (κ2) is 7.14. The summed E-state index contributed by atoms with van der Waals surface area (Å²) in [6.07, 6.45) is 1.79. The van der Waals surface area contributed by atoms with Gasteiger partial charge >= 0.3 is 0 Å². The molecule has 17 heavy (non-hydrogen) atoms. The summed E-state index contributed by atoms with van der Waals surface area (Å²) < 4.78 is 15.5. The van der Waals surface area contributed by atoms with Crippen LogP contribution in [0.5, 0.6) is 11.5 Å². The molecule has 0 aliphatic carbocycles. The van der Waals surface area contributed by atoms with Crippen molar-refractivity contribution < 1.29 is 14.2 Å². The lowest BCUT2D eigenvalue weighted by molar-refractivity contribution is 0.190. The first-order valence-electron chi connectivity index (χ1n) is 5.69. The number of nitrogens with two attached hydrogens (primary N) is 1. The highest BCUT2D eigenvalue weighted by atomic mass is 16.5. The monoisotopic (exact) mass is 239 g/mol. The quantitative estimate of drug-likeness (QED) is 0.741. The van der Waals surface area contributed by atoms with Crippen molar-refractivity contribution in [1.29, 1.82) is 0 Å². The van der Waals surface area contributed by atoms with Crippen molar-refractivity contribution in [2.75, 3.05) is 27.9 Å². The highest BCUT2D eigenvalue weighted by molar-refractivity contribution is 5.42. The van der Waals surface area contributed by atoms with Gasteiger partial charge in [-0.05, 0) is 31.0 Å². The molecule has 1 atom stereocenters. The standard InChI is InChI=1S/C13H21NO3/c1-15-8-4-5-12(14)11-9-10(16-2)6-7-13(11)17-3/h6-7,9,12H,4-5,8,14H2,1-3H3. The Labute approximate surface area is 103 Å². The molecule has 1 aromatic carbocycles. The highest BCUT2D eigenvalue weighted by Gasteiger charge is 2.12. The van der Waals surface area contributed by atoms with Crippen molar-refractivity contribution in [3.63, 3.8) is 0 Å². The topological polar surface area (TPSA) is 53.7 Å². The molecule has 96 valence electrons. The van der Waals surface area contributed by atoms with Crippen molar-refractivity contribution in [1.82, 2.24) is 0 Å². The van der Waals surface area contributed by atoms with Crippen LogP contribution in [0.15, 0.2) is 18.2 Å². The summed E-state index contributed by atoms with van der Waals surface area (Å²) in [5, 5.41) is 0. The van der Waals surface area contributed by atoms with Crippen molar-refractivity contribution in [2.24, 2.45) is 5.73 Å². The maximum Gasteiger partial charge on any atom is 0.123 e. The van der Waals surface area contributed by atoms with Crippen molar-refractivity contribution in [3.05, 3.63) is 23.8 Å². The first-order chi connectivity index (χ1) is 8.22. The third-order valence-electron chi connectivity index (χ3n) is 2.70. The number of hydrogen-bond acceptors (Lipinski definition) is 4. The lowest BCUT2D eigenvalue weighted by Crippen LogP contribution is -2.12. The fraction of sp³-hybridized carbons (Fsp3) is 0.538. The van der Waals surface area contributed by atoms with E-state index in [1.807, 2.05) is 18.2 Å². The van der Waals surface area contributed by atoms with Gasteiger partial charge in [-0.3, -0.25) is 0 Å². The number of ether oxygens (including phenoxy) is 3. The SMILES string of the molecule is COCCCC(N)c1cc(OC)ccc1OC. The van der Waals surface area contributed by atoms with E-state index < -0.39 is 0 Å². The van der Waals surface area contributed by atoms with Crippen LogP contribution in [-0.2, 0) is 4.74 Å². The number of rotatable bonds is 7. The first kappa shape index (κ1) is 13.8. The average Bonchev–Trinajstić information content (AvgIpc) is 2.38. The average molecular weight is 239 g/mol. The highest BCUT2D eigenvalue weighted by Crippen LogP contribution is 2.30. The third-order valence-corrected chi connectivity index (χ3v) is 2.70. The van der Waals surface area contributed by atoms with E-state index >= 15 is 0 Å². The summed E-state index contributed by atoms with van der Waals surface area (Å²) in [6, 6.07) is 5.61. The van der Waals surface area contributed by atoms with Gasteiger partial charge in [0.1, 0.15) is 11.5 Å². The van der Waals surface area contributed by atoms with E-state index in [2.05, 4.69) is 0 Å². The molecule has 1 unspecified atom stereocenters. The van der Waals surface area contributed by atoms with Crippen molar-refractivity contribution in [3.8, 4) is 11.5 Å². The minimum Gasteiger partial charge on any atom is -0.497 e. The summed E-state index contributed by atoms with van der Waals surface area (Å²) in [7, 11) is 4.98. The molecule has 0 radical (unpaired) electrons. The van der Waals surface area contributed by atoms with Crippen LogP contribution in [0, 0.1) is 0 Å². The predicted octanol–water partition coefficient (Wildman–Crippen LogP) is 2.13. The maximum atomic E-state index is 6.14. The Morgan fingerprint density at radius 1 is 1.18 bits per heavy atom. The normalized spacial score (nSPS) is 12.2. The van der Waals surface area contributed by atoms with E-state index in [0.717, 1.165) is 36.5 Å². The second-order valence-electron chi connectivity index (χ2n) is 3.85. The zero-order valence-corrected chi connectivity index (χ0v) is 10.7. The van der Waals surface area contributed by atoms with Crippen LogP contribution >= 0.6 is 0 Å². The second-order valence-corrected chi connectivity index (χ2v) is 3.85. The van der Waals surface area contributed by atoms with Crippen molar-refractivity contribution in [2.45, 2.75) is 18.9 Å². The van der Waals surface area contributed by atoms with E-state index in [0.29, 0.717) is 0 Å². The lowest BCUT2D eigenvalue weighted by Gasteiger charge is -2.16. The molecule has 4 heteroatoms. The van der Waals surface area contributed by atoms with E-state index in [9.17, 15) is 0 Å². The Bertz CT molecular complexity index is 341. The van der Waals surface area contributed by atoms with Gasteiger partial charge in [0.15, 0.2) is 0 Å². The summed E-state index contributed by atoms with van der Waals surface area (Å²) in [6.45, 7) is 0.722. The molecule has 0 saturated heterocycles. The molecule has 0 aromatic heterocycles. The molecular weight excluding hydrogens is 218 g/mol. The fourth-order valence-corrected chi connectivity index (χ4v) is 1.73. The van der Waals surface area contributed by atoms with Gasteiger partial charge in [-0.25, -0.2) is 0 Å². The van der Waals surface area contributed by atoms with Gasteiger partial charge in [0.05, 0.1) is 14.2 Å². The van der Waals surface area contributed by atoms with Crippen LogP contribution in [0.4, 0.5) is 0 Å². The number of methoxy groups -OCH3 is 3. The maximum absolute atomic E-state index is 6.14. The summed E-state index contributed by atoms with van der Waals surface area (Å²) in [4.78, 5) is 0. The van der Waals surface area contributed by atoms with Gasteiger partial charge in [0, 0.05) is 25.3 Å². The van der Waals surface area contributed by atoms with E-state index in [1.165, 1.54) is 0 Å². The zero-order valence-electron chi connectivity index (χ0n) is 10.7. The summed E-state index contributed by atoms with van der Waals surface area (Å²) >= 11 is 0. The smallest absolute Gasteiger partial charge is 0.123 e. The van der Waals surface area contributed by atoms with Crippen LogP contribution in [0.2, 0.25) is 0 Å². The molecule has 1 rings (SSSR count). The molecule has 4 nitrogen and oxygen atoms in total. The fourth-order valence-electron chi connectivity index (χ4n) is 1.73. The van der Waals surface area contributed by atoms with Gasteiger partial charge in [0.2, 0.25) is 0 Å². The molecule has 0 saturated carbocycles. The molecule has 0 fully saturated rings. The Kier molecular flexibility index (Phi) is 5.80. The molecule has 0 heterocycles. The van der Waals surface area contributed by atoms with Gasteiger partial charge in [0.25, 0.3) is 0 Å². The van der Waals surface area contributed by atoms with E-state index in [1.54, 1.807) is 21.3 Å². The molecule has 0 amide bonds.